The van der Waals surface area contributed by atoms with Gasteiger partial charge in [0.15, 0.2) is 0 Å². The first-order valence-corrected chi connectivity index (χ1v) is 7.93. The third-order valence-electron chi connectivity index (χ3n) is 4.40. The Kier molecular flexibility index (Phi) is 4.20. The number of rotatable bonds is 3. The fourth-order valence-electron chi connectivity index (χ4n) is 3.45. The van der Waals surface area contributed by atoms with Crippen LogP contribution in [0.2, 0.25) is 0 Å². The van der Waals surface area contributed by atoms with Crippen LogP contribution in [0.1, 0.15) is 37.4 Å². The summed E-state index contributed by atoms with van der Waals surface area (Å²) in [4.78, 5) is 2.44. The third-order valence-corrected chi connectivity index (χ3v) is 4.40. The highest BCUT2D eigenvalue weighted by molar-refractivity contribution is 5.47. The van der Waals surface area contributed by atoms with Crippen LogP contribution in [0.5, 0.6) is 5.75 Å². The number of nitrogens with zero attached hydrogens (tertiary/aromatic N) is 1. The number of benzene rings is 1. The predicted molar refractivity (Wildman–Crippen MR) is 83.7 cm³/mol. The van der Waals surface area contributed by atoms with Crippen molar-refractivity contribution in [3.8, 4) is 5.75 Å². The summed E-state index contributed by atoms with van der Waals surface area (Å²) in [6.45, 7) is 8.52. The highest BCUT2D eigenvalue weighted by atomic mass is 16.5. The Morgan fingerprint density at radius 3 is 2.95 bits per heavy atom. The molecule has 1 atom stereocenters. The Labute approximate surface area is 127 Å². The number of hydrogen-bond donors (Lipinski definition) is 1. The summed E-state index contributed by atoms with van der Waals surface area (Å²) in [5.41, 5.74) is 8.54. The van der Waals surface area contributed by atoms with Crippen LogP contribution in [0.4, 0.5) is 0 Å². The van der Waals surface area contributed by atoms with Gasteiger partial charge in [0.2, 0.25) is 0 Å². The van der Waals surface area contributed by atoms with Gasteiger partial charge in [-0.1, -0.05) is 18.2 Å². The Morgan fingerprint density at radius 2 is 2.14 bits per heavy atom. The zero-order chi connectivity index (χ0) is 14.9. The summed E-state index contributed by atoms with van der Waals surface area (Å²) >= 11 is 0. The van der Waals surface area contributed by atoms with Crippen LogP contribution in [-0.4, -0.2) is 43.3 Å². The van der Waals surface area contributed by atoms with Crippen molar-refractivity contribution >= 4 is 0 Å². The predicted octanol–water partition coefficient (Wildman–Crippen LogP) is 2.12. The van der Waals surface area contributed by atoms with Gasteiger partial charge in [0.25, 0.3) is 0 Å². The van der Waals surface area contributed by atoms with Crippen LogP contribution >= 0.6 is 0 Å². The van der Waals surface area contributed by atoms with E-state index in [4.69, 9.17) is 15.2 Å². The second kappa shape index (κ2) is 5.95. The van der Waals surface area contributed by atoms with E-state index in [0.717, 1.165) is 44.9 Å². The largest absolute Gasteiger partial charge is 0.487 e. The van der Waals surface area contributed by atoms with Gasteiger partial charge in [-0.05, 0) is 25.8 Å². The molecule has 1 aromatic carbocycles. The zero-order valence-corrected chi connectivity index (χ0v) is 13.1. The minimum absolute atomic E-state index is 0.112. The molecule has 0 bridgehead atoms. The minimum Gasteiger partial charge on any atom is -0.487 e. The van der Waals surface area contributed by atoms with E-state index in [2.05, 4.69) is 36.9 Å². The van der Waals surface area contributed by atoms with Crippen molar-refractivity contribution in [2.45, 2.75) is 38.3 Å². The van der Waals surface area contributed by atoms with Crippen molar-refractivity contribution in [2.75, 3.05) is 32.8 Å². The lowest BCUT2D eigenvalue weighted by molar-refractivity contribution is 0.123. The molecule has 3 rings (SSSR count). The second-order valence-corrected chi connectivity index (χ2v) is 6.63. The van der Waals surface area contributed by atoms with Crippen LogP contribution in [0.15, 0.2) is 18.2 Å². The molecule has 1 aromatic rings. The van der Waals surface area contributed by atoms with Crippen LogP contribution in [0.25, 0.3) is 0 Å². The normalized spacial score (nSPS) is 23.2. The van der Waals surface area contributed by atoms with E-state index < -0.39 is 0 Å². The topological polar surface area (TPSA) is 47.7 Å². The molecule has 1 unspecified atom stereocenters. The molecule has 2 heterocycles. The maximum absolute atomic E-state index is 6.22. The van der Waals surface area contributed by atoms with Crippen molar-refractivity contribution in [3.63, 3.8) is 0 Å². The summed E-state index contributed by atoms with van der Waals surface area (Å²) < 4.78 is 11.8. The summed E-state index contributed by atoms with van der Waals surface area (Å²) in [5.74, 6) is 1.06. The molecule has 0 amide bonds. The maximum atomic E-state index is 6.22. The summed E-state index contributed by atoms with van der Waals surface area (Å²) in [7, 11) is 0. The number of nitrogens with two attached hydrogens (primary N) is 1. The SMILES string of the molecule is CC1(C)Cc2cccc(C(CN)N3CCCOCC3)c2O1. The molecule has 2 aliphatic heterocycles. The molecule has 4 nitrogen and oxygen atoms in total. The molecule has 21 heavy (non-hydrogen) atoms. The van der Waals surface area contributed by atoms with E-state index in [1.165, 1.54) is 11.1 Å². The highest BCUT2D eigenvalue weighted by Gasteiger charge is 2.34. The molecule has 0 aromatic heterocycles. The van der Waals surface area contributed by atoms with Gasteiger partial charge >= 0.3 is 0 Å². The Morgan fingerprint density at radius 1 is 1.29 bits per heavy atom. The smallest absolute Gasteiger partial charge is 0.128 e. The molecule has 0 saturated carbocycles. The number of ether oxygens (including phenoxy) is 2. The number of para-hydroxylation sites is 1. The fraction of sp³-hybridized carbons (Fsp3) is 0.647. The van der Waals surface area contributed by atoms with Crippen LogP contribution in [0.3, 0.4) is 0 Å². The molecular formula is C17H26N2O2. The van der Waals surface area contributed by atoms with E-state index >= 15 is 0 Å². The van der Waals surface area contributed by atoms with Crippen molar-refractivity contribution in [3.05, 3.63) is 29.3 Å². The van der Waals surface area contributed by atoms with Gasteiger partial charge in [-0.25, -0.2) is 0 Å². The van der Waals surface area contributed by atoms with Gasteiger partial charge in [-0.15, -0.1) is 0 Å². The third kappa shape index (κ3) is 3.07. The molecule has 116 valence electrons. The van der Waals surface area contributed by atoms with Gasteiger partial charge in [-0.2, -0.15) is 0 Å². The van der Waals surface area contributed by atoms with Crippen molar-refractivity contribution in [1.29, 1.82) is 0 Å². The first-order chi connectivity index (χ1) is 10.1. The quantitative estimate of drug-likeness (QED) is 0.926. The first kappa shape index (κ1) is 14.8. The Bertz CT molecular complexity index is 494. The van der Waals surface area contributed by atoms with Crippen molar-refractivity contribution in [1.82, 2.24) is 4.90 Å². The lowest BCUT2D eigenvalue weighted by Crippen LogP contribution is -2.36. The minimum atomic E-state index is -0.112. The van der Waals surface area contributed by atoms with Gasteiger partial charge in [0.1, 0.15) is 11.4 Å². The summed E-state index contributed by atoms with van der Waals surface area (Å²) in [6, 6.07) is 6.70. The molecule has 0 spiro atoms. The van der Waals surface area contributed by atoms with Gasteiger partial charge in [-0.3, -0.25) is 4.90 Å². The van der Waals surface area contributed by atoms with E-state index in [9.17, 15) is 0 Å². The standard InChI is InChI=1S/C17H26N2O2/c1-17(2)11-13-5-3-6-14(16(13)21-17)15(12-18)19-7-4-9-20-10-8-19/h3,5-6,15H,4,7-12,18H2,1-2H3. The lowest BCUT2D eigenvalue weighted by atomic mass is 9.97. The van der Waals surface area contributed by atoms with Crippen molar-refractivity contribution in [2.24, 2.45) is 5.73 Å². The number of hydrogen-bond acceptors (Lipinski definition) is 4. The Hall–Kier alpha value is -1.10. The summed E-state index contributed by atoms with van der Waals surface area (Å²) in [5, 5.41) is 0. The molecule has 1 saturated heterocycles. The molecular weight excluding hydrogens is 264 g/mol. The summed E-state index contributed by atoms with van der Waals surface area (Å²) in [6.07, 6.45) is 2.04. The number of fused-ring (bicyclic) bond motifs is 1. The van der Waals surface area contributed by atoms with Crippen LogP contribution in [0, 0.1) is 0 Å². The molecule has 0 radical (unpaired) electrons. The average molecular weight is 290 g/mol. The first-order valence-electron chi connectivity index (χ1n) is 7.93. The lowest BCUT2D eigenvalue weighted by Gasteiger charge is -2.31. The highest BCUT2D eigenvalue weighted by Crippen LogP contribution is 2.41. The van der Waals surface area contributed by atoms with Gasteiger partial charge in [0, 0.05) is 38.2 Å². The van der Waals surface area contributed by atoms with Gasteiger partial charge < -0.3 is 15.2 Å². The van der Waals surface area contributed by atoms with Crippen molar-refractivity contribution < 1.29 is 9.47 Å². The second-order valence-electron chi connectivity index (χ2n) is 6.63. The Balaban J connectivity index is 1.90. The monoisotopic (exact) mass is 290 g/mol. The maximum Gasteiger partial charge on any atom is 0.128 e. The molecule has 0 aliphatic carbocycles. The van der Waals surface area contributed by atoms with Crippen LogP contribution < -0.4 is 10.5 Å². The zero-order valence-electron chi connectivity index (χ0n) is 13.1. The van der Waals surface area contributed by atoms with E-state index in [-0.39, 0.29) is 11.6 Å². The van der Waals surface area contributed by atoms with E-state index in [1.54, 1.807) is 0 Å². The molecule has 2 N–H and O–H groups in total. The van der Waals surface area contributed by atoms with Gasteiger partial charge in [0.05, 0.1) is 12.6 Å². The fourth-order valence-corrected chi connectivity index (χ4v) is 3.45. The molecule has 2 aliphatic rings. The average Bonchev–Trinajstić information content (AvgIpc) is 2.63. The molecule has 1 fully saturated rings. The molecule has 4 heteroatoms. The van der Waals surface area contributed by atoms with Crippen LogP contribution in [-0.2, 0) is 11.2 Å². The van der Waals surface area contributed by atoms with E-state index in [0.29, 0.717) is 6.54 Å². The van der Waals surface area contributed by atoms with E-state index in [1.807, 2.05) is 0 Å².